The molecule has 1 fully saturated rings. The zero-order chi connectivity index (χ0) is 15.7. The summed E-state index contributed by atoms with van der Waals surface area (Å²) in [6, 6.07) is 2.30. The summed E-state index contributed by atoms with van der Waals surface area (Å²) < 4.78 is 23.5. The molecule has 2 aliphatic rings. The summed E-state index contributed by atoms with van der Waals surface area (Å²) in [5.41, 5.74) is 4.14. The molecule has 1 aromatic heterocycles. The van der Waals surface area contributed by atoms with Gasteiger partial charge < -0.3 is 0 Å². The first-order chi connectivity index (χ1) is 10.5. The van der Waals surface area contributed by atoms with Crippen molar-refractivity contribution in [1.29, 1.82) is 5.26 Å². The van der Waals surface area contributed by atoms with E-state index in [1.54, 1.807) is 11.8 Å². The second-order valence-electron chi connectivity index (χ2n) is 6.24. The fourth-order valence-electron chi connectivity index (χ4n) is 3.43. The molecule has 0 bridgehead atoms. The molecule has 22 heavy (non-hydrogen) atoms. The number of nitriles is 1. The first-order valence-electron chi connectivity index (χ1n) is 7.76. The number of sulfone groups is 1. The fraction of sp³-hybridized carbons (Fsp3) is 0.625. The van der Waals surface area contributed by atoms with Gasteiger partial charge in [-0.3, -0.25) is 0 Å². The first-order valence-corrected chi connectivity index (χ1v) is 10.6. The van der Waals surface area contributed by atoms with Gasteiger partial charge in [0.25, 0.3) is 0 Å². The van der Waals surface area contributed by atoms with Crippen LogP contribution in [0.2, 0.25) is 0 Å². The molecule has 118 valence electrons. The number of hydrogen-bond donors (Lipinski definition) is 0. The molecule has 1 aliphatic carbocycles. The second-order valence-corrected chi connectivity index (χ2v) is 9.48. The number of pyridine rings is 1. The van der Waals surface area contributed by atoms with E-state index in [2.05, 4.69) is 6.07 Å². The highest BCUT2D eigenvalue weighted by Crippen LogP contribution is 2.33. The van der Waals surface area contributed by atoms with E-state index >= 15 is 0 Å². The van der Waals surface area contributed by atoms with Crippen LogP contribution >= 0.6 is 11.8 Å². The minimum atomic E-state index is -2.87. The van der Waals surface area contributed by atoms with Crippen molar-refractivity contribution in [3.05, 3.63) is 22.4 Å². The lowest BCUT2D eigenvalue weighted by atomic mass is 10.0. The average Bonchev–Trinajstić information content (AvgIpc) is 2.93. The van der Waals surface area contributed by atoms with Gasteiger partial charge in [-0.1, -0.05) is 0 Å². The van der Waals surface area contributed by atoms with Gasteiger partial charge in [-0.25, -0.2) is 13.4 Å². The Morgan fingerprint density at radius 2 is 2.18 bits per heavy atom. The monoisotopic (exact) mass is 336 g/mol. The molecule has 0 spiro atoms. The van der Waals surface area contributed by atoms with Crippen LogP contribution in [-0.4, -0.2) is 30.7 Å². The van der Waals surface area contributed by atoms with Crippen molar-refractivity contribution in [3.8, 4) is 6.07 Å². The van der Waals surface area contributed by atoms with Gasteiger partial charge in [-0.05, 0) is 56.1 Å². The Morgan fingerprint density at radius 1 is 1.36 bits per heavy atom. The highest BCUT2D eigenvalue weighted by atomic mass is 32.2. The van der Waals surface area contributed by atoms with E-state index < -0.39 is 9.84 Å². The highest BCUT2D eigenvalue weighted by Gasteiger charge is 2.26. The van der Waals surface area contributed by atoms with Crippen LogP contribution < -0.4 is 0 Å². The molecule has 3 rings (SSSR count). The largest absolute Gasteiger partial charge is 0.245 e. The van der Waals surface area contributed by atoms with E-state index in [4.69, 9.17) is 4.98 Å². The predicted octanol–water partition coefficient (Wildman–Crippen LogP) is 2.67. The summed E-state index contributed by atoms with van der Waals surface area (Å²) in [7, 11) is -2.87. The van der Waals surface area contributed by atoms with Crippen LogP contribution in [0.1, 0.15) is 41.6 Å². The molecule has 1 saturated heterocycles. The Kier molecular flexibility index (Phi) is 4.47. The predicted molar refractivity (Wildman–Crippen MR) is 87.8 cm³/mol. The molecule has 1 atom stereocenters. The van der Waals surface area contributed by atoms with Gasteiger partial charge in [0.05, 0.1) is 17.1 Å². The minimum Gasteiger partial charge on any atom is -0.245 e. The smallest absolute Gasteiger partial charge is 0.150 e. The van der Waals surface area contributed by atoms with Crippen LogP contribution in [0.3, 0.4) is 0 Å². The van der Waals surface area contributed by atoms with Crippen LogP contribution in [0.25, 0.3) is 0 Å². The number of nitrogens with zero attached hydrogens (tertiary/aromatic N) is 2. The lowest BCUT2D eigenvalue weighted by Crippen LogP contribution is -2.26. The second kappa shape index (κ2) is 6.21. The molecule has 6 heteroatoms. The molecule has 0 N–H and O–H groups in total. The van der Waals surface area contributed by atoms with Crippen molar-refractivity contribution in [1.82, 2.24) is 4.98 Å². The summed E-state index contributed by atoms with van der Waals surface area (Å²) in [6.45, 7) is 2.01. The van der Waals surface area contributed by atoms with Gasteiger partial charge in [0.1, 0.15) is 11.1 Å². The number of aromatic nitrogens is 1. The van der Waals surface area contributed by atoms with Crippen LogP contribution in [-0.2, 0) is 22.7 Å². The zero-order valence-corrected chi connectivity index (χ0v) is 14.4. The Balaban J connectivity index is 1.78. The summed E-state index contributed by atoms with van der Waals surface area (Å²) in [5.74, 6) is 1.53. The van der Waals surface area contributed by atoms with Crippen LogP contribution in [0, 0.1) is 24.2 Å². The standard InChI is InChI=1S/C16H20N2O2S2/c1-11-13-5-2-6-15(13)18-16(14(11)8-17)21-9-12-4-3-7-22(19,20)10-12/h12H,2-7,9-10H2,1H3/t12-/m0/s1. The van der Waals surface area contributed by atoms with Crippen molar-refractivity contribution in [2.24, 2.45) is 5.92 Å². The summed E-state index contributed by atoms with van der Waals surface area (Å²) >= 11 is 1.56. The van der Waals surface area contributed by atoms with Gasteiger partial charge in [0.2, 0.25) is 0 Å². The zero-order valence-electron chi connectivity index (χ0n) is 12.8. The van der Waals surface area contributed by atoms with E-state index in [1.807, 2.05) is 6.92 Å². The summed E-state index contributed by atoms with van der Waals surface area (Å²) in [6.07, 6.45) is 4.85. The van der Waals surface area contributed by atoms with E-state index in [0.717, 1.165) is 54.1 Å². The molecule has 0 radical (unpaired) electrons. The highest BCUT2D eigenvalue weighted by molar-refractivity contribution is 7.99. The molecule has 0 amide bonds. The topological polar surface area (TPSA) is 70.8 Å². The third kappa shape index (κ3) is 3.16. The van der Waals surface area contributed by atoms with Crippen molar-refractivity contribution in [2.75, 3.05) is 17.3 Å². The van der Waals surface area contributed by atoms with E-state index in [0.29, 0.717) is 11.3 Å². The van der Waals surface area contributed by atoms with Gasteiger partial charge >= 0.3 is 0 Å². The first kappa shape index (κ1) is 15.8. The van der Waals surface area contributed by atoms with Crippen LogP contribution in [0.4, 0.5) is 0 Å². The SMILES string of the molecule is Cc1c(C#N)c(SC[C@@H]2CCCS(=O)(=O)C2)nc2c1CCC2. The maximum Gasteiger partial charge on any atom is 0.150 e. The van der Waals surface area contributed by atoms with Crippen LogP contribution in [0.15, 0.2) is 5.03 Å². The number of aryl methyl sites for hydroxylation is 1. The number of fused-ring (bicyclic) bond motifs is 1. The molecule has 4 nitrogen and oxygen atoms in total. The molecular weight excluding hydrogens is 316 g/mol. The molecule has 0 saturated carbocycles. The van der Waals surface area contributed by atoms with Crippen molar-refractivity contribution < 1.29 is 8.42 Å². The fourth-order valence-corrected chi connectivity index (χ4v) is 6.55. The third-order valence-corrected chi connectivity index (χ3v) is 7.69. The maximum absolute atomic E-state index is 11.7. The van der Waals surface area contributed by atoms with Crippen molar-refractivity contribution in [3.63, 3.8) is 0 Å². The van der Waals surface area contributed by atoms with Gasteiger partial charge in [0, 0.05) is 11.4 Å². The molecule has 1 aromatic rings. The van der Waals surface area contributed by atoms with E-state index in [-0.39, 0.29) is 11.7 Å². The third-order valence-electron chi connectivity index (χ3n) is 4.59. The molecule has 2 heterocycles. The molecule has 0 aromatic carbocycles. The normalized spacial score (nSPS) is 23.0. The number of thioether (sulfide) groups is 1. The Bertz CT molecular complexity index is 735. The quantitative estimate of drug-likeness (QED) is 0.794. The molecule has 0 unspecified atom stereocenters. The molecular formula is C16H20N2O2S2. The number of rotatable bonds is 3. The maximum atomic E-state index is 11.7. The van der Waals surface area contributed by atoms with Gasteiger partial charge in [-0.15, -0.1) is 11.8 Å². The van der Waals surface area contributed by atoms with E-state index in [9.17, 15) is 13.7 Å². The van der Waals surface area contributed by atoms with E-state index in [1.165, 1.54) is 5.56 Å². The Morgan fingerprint density at radius 3 is 2.91 bits per heavy atom. The number of hydrogen-bond acceptors (Lipinski definition) is 5. The van der Waals surface area contributed by atoms with Crippen molar-refractivity contribution >= 4 is 21.6 Å². The molecule has 1 aliphatic heterocycles. The Hall–Kier alpha value is -1.06. The lowest BCUT2D eigenvalue weighted by molar-refractivity contribution is 0.520. The Labute approximate surface area is 136 Å². The minimum absolute atomic E-state index is 0.186. The van der Waals surface area contributed by atoms with Gasteiger partial charge in [-0.2, -0.15) is 5.26 Å². The summed E-state index contributed by atoms with van der Waals surface area (Å²) in [4.78, 5) is 4.70. The van der Waals surface area contributed by atoms with Gasteiger partial charge in [0.15, 0.2) is 9.84 Å². The lowest BCUT2D eigenvalue weighted by Gasteiger charge is -2.21. The average molecular weight is 336 g/mol. The van der Waals surface area contributed by atoms with Crippen molar-refractivity contribution in [2.45, 2.75) is 44.1 Å². The summed E-state index contributed by atoms with van der Waals surface area (Å²) in [5, 5.41) is 10.2. The van der Waals surface area contributed by atoms with Crippen LogP contribution in [0.5, 0.6) is 0 Å².